The van der Waals surface area contributed by atoms with E-state index >= 15 is 0 Å². The maximum atomic E-state index is 12.7. The molecule has 1 aromatic rings. The summed E-state index contributed by atoms with van der Waals surface area (Å²) < 4.78 is 16.8. The fourth-order valence-corrected chi connectivity index (χ4v) is 3.43. The molecule has 0 aromatic carbocycles. The molecule has 0 aliphatic carbocycles. The van der Waals surface area contributed by atoms with Crippen molar-refractivity contribution in [3.8, 4) is 0 Å². The molecule has 0 radical (unpaired) electrons. The Kier molecular flexibility index (Phi) is 6.38. The van der Waals surface area contributed by atoms with Gasteiger partial charge in [0.1, 0.15) is 11.4 Å². The molecule has 29 heavy (non-hydrogen) atoms. The van der Waals surface area contributed by atoms with Crippen LogP contribution in [0.1, 0.15) is 24.8 Å². The summed E-state index contributed by atoms with van der Waals surface area (Å²) in [7, 11) is 0. The summed E-state index contributed by atoms with van der Waals surface area (Å²) in [5.41, 5.74) is 1.15. The number of rotatable bonds is 4. The molecule has 0 saturated carbocycles. The van der Waals surface area contributed by atoms with E-state index in [1.54, 1.807) is 23.6 Å². The van der Waals surface area contributed by atoms with E-state index in [0.717, 1.165) is 0 Å². The first-order chi connectivity index (χ1) is 13.8. The predicted octanol–water partition coefficient (Wildman–Crippen LogP) is 0.237. The van der Waals surface area contributed by atoms with Crippen molar-refractivity contribution in [1.82, 2.24) is 20.3 Å². The number of carbonyl (C=O) groups is 3. The highest BCUT2D eigenvalue weighted by molar-refractivity contribution is 5.90. The molecule has 2 aliphatic heterocycles. The lowest BCUT2D eigenvalue weighted by molar-refractivity contribution is -0.284. The minimum atomic E-state index is -1.06. The molecule has 2 saturated heterocycles. The van der Waals surface area contributed by atoms with Gasteiger partial charge in [-0.3, -0.25) is 9.59 Å². The first kappa shape index (κ1) is 21.1. The minimum Gasteiger partial charge on any atom is -0.359 e. The van der Waals surface area contributed by atoms with Crippen LogP contribution in [0.3, 0.4) is 0 Å². The molecule has 1 atom stereocenters. The Balaban J connectivity index is 1.60. The molecule has 1 spiro atoms. The summed E-state index contributed by atoms with van der Waals surface area (Å²) in [5, 5.41) is 9.27. The van der Waals surface area contributed by atoms with Crippen LogP contribution in [0.5, 0.6) is 0 Å². The average molecular weight is 409 g/mol. The van der Waals surface area contributed by atoms with Crippen LogP contribution in [0, 0.1) is 13.8 Å². The van der Waals surface area contributed by atoms with E-state index in [9.17, 15) is 14.4 Å². The quantitative estimate of drug-likeness (QED) is 0.729. The van der Waals surface area contributed by atoms with E-state index in [1.807, 2.05) is 0 Å². The van der Waals surface area contributed by atoms with Gasteiger partial charge in [0.25, 0.3) is 0 Å². The zero-order valence-corrected chi connectivity index (χ0v) is 16.9. The average Bonchev–Trinajstić information content (AvgIpc) is 2.99. The molecule has 0 bridgehead atoms. The van der Waals surface area contributed by atoms with E-state index in [-0.39, 0.29) is 43.9 Å². The lowest BCUT2D eigenvalue weighted by atomic mass is 10.1. The third-order valence-electron chi connectivity index (χ3n) is 4.93. The number of hydrogen-bond donors (Lipinski definition) is 2. The lowest BCUT2D eigenvalue weighted by Crippen LogP contribution is -2.64. The Morgan fingerprint density at radius 3 is 2.38 bits per heavy atom. The second-order valence-corrected chi connectivity index (χ2v) is 7.21. The molecule has 2 fully saturated rings. The fourth-order valence-electron chi connectivity index (χ4n) is 3.43. The molecule has 2 aliphatic rings. The van der Waals surface area contributed by atoms with Crippen molar-refractivity contribution in [2.45, 2.75) is 33.0 Å². The number of morpholine rings is 2. The SMILES string of the molecule is CC(=O)NCCC(=O)N1CCOC2(C1)CN(C(=O)Nc1c(C)noc1C)CCO2. The van der Waals surface area contributed by atoms with Crippen molar-refractivity contribution < 1.29 is 28.4 Å². The van der Waals surface area contributed by atoms with Gasteiger partial charge in [-0.25, -0.2) is 4.79 Å². The van der Waals surface area contributed by atoms with Gasteiger partial charge in [-0.2, -0.15) is 0 Å². The van der Waals surface area contributed by atoms with Gasteiger partial charge < -0.3 is 34.4 Å². The smallest absolute Gasteiger partial charge is 0.322 e. The topological polar surface area (TPSA) is 126 Å². The number of amides is 4. The highest BCUT2D eigenvalue weighted by Gasteiger charge is 2.44. The van der Waals surface area contributed by atoms with Crippen molar-refractivity contribution in [1.29, 1.82) is 0 Å². The number of anilines is 1. The second-order valence-electron chi connectivity index (χ2n) is 7.21. The molecular weight excluding hydrogens is 382 g/mol. The summed E-state index contributed by atoms with van der Waals surface area (Å²) in [6.07, 6.45) is 0.200. The largest absolute Gasteiger partial charge is 0.359 e. The molecule has 1 unspecified atom stereocenters. The van der Waals surface area contributed by atoms with Gasteiger partial charge in [0.2, 0.25) is 17.6 Å². The Hall–Kier alpha value is -2.66. The van der Waals surface area contributed by atoms with E-state index < -0.39 is 5.79 Å². The van der Waals surface area contributed by atoms with Gasteiger partial charge in [0.15, 0.2) is 5.76 Å². The highest BCUT2D eigenvalue weighted by Crippen LogP contribution is 2.26. The van der Waals surface area contributed by atoms with Crippen LogP contribution in [0.25, 0.3) is 0 Å². The Morgan fingerprint density at radius 1 is 1.10 bits per heavy atom. The second kappa shape index (κ2) is 8.78. The van der Waals surface area contributed by atoms with E-state index in [2.05, 4.69) is 15.8 Å². The molecule has 1 aromatic heterocycles. The molecule has 11 nitrogen and oxygen atoms in total. The van der Waals surface area contributed by atoms with Crippen LogP contribution in [0.15, 0.2) is 4.52 Å². The van der Waals surface area contributed by atoms with Crippen LogP contribution in [0.4, 0.5) is 10.5 Å². The lowest BCUT2D eigenvalue weighted by Gasteiger charge is -2.47. The van der Waals surface area contributed by atoms with Gasteiger partial charge in [-0.15, -0.1) is 0 Å². The number of carbonyl (C=O) groups excluding carboxylic acids is 3. The first-order valence-electron chi connectivity index (χ1n) is 9.58. The predicted molar refractivity (Wildman–Crippen MR) is 101 cm³/mol. The highest BCUT2D eigenvalue weighted by atomic mass is 16.7. The zero-order chi connectivity index (χ0) is 21.0. The number of hydrogen-bond acceptors (Lipinski definition) is 7. The summed E-state index contributed by atoms with van der Waals surface area (Å²) in [4.78, 5) is 39.4. The molecule has 3 heterocycles. The Bertz CT molecular complexity index is 757. The van der Waals surface area contributed by atoms with Crippen molar-refractivity contribution in [3.63, 3.8) is 0 Å². The number of ether oxygens (including phenoxy) is 2. The first-order valence-corrected chi connectivity index (χ1v) is 9.58. The van der Waals surface area contributed by atoms with Gasteiger partial charge in [-0.1, -0.05) is 5.16 Å². The number of urea groups is 1. The number of nitrogens with zero attached hydrogens (tertiary/aromatic N) is 3. The third-order valence-corrected chi connectivity index (χ3v) is 4.93. The normalized spacial score (nSPS) is 21.9. The number of aromatic nitrogens is 1. The molecule has 3 rings (SSSR count). The molecular formula is C18H27N5O6. The van der Waals surface area contributed by atoms with Crippen molar-refractivity contribution >= 4 is 23.5 Å². The number of nitrogens with one attached hydrogen (secondary N) is 2. The van der Waals surface area contributed by atoms with Gasteiger partial charge in [0.05, 0.1) is 26.3 Å². The van der Waals surface area contributed by atoms with Crippen molar-refractivity contribution in [2.24, 2.45) is 0 Å². The molecule has 2 N–H and O–H groups in total. The van der Waals surface area contributed by atoms with E-state index in [0.29, 0.717) is 43.4 Å². The standard InChI is InChI=1S/C18H27N5O6/c1-12-16(13(2)29-21-12)20-17(26)23-7-9-28-18(11-23)10-22(6-8-27-18)15(25)4-5-19-14(3)24/h4-11H2,1-3H3,(H,19,24)(H,20,26). The van der Waals surface area contributed by atoms with E-state index in [4.69, 9.17) is 14.0 Å². The summed E-state index contributed by atoms with van der Waals surface area (Å²) in [6.45, 7) is 7.03. The minimum absolute atomic E-state index is 0.0951. The molecule has 160 valence electrons. The van der Waals surface area contributed by atoms with Gasteiger partial charge in [-0.05, 0) is 13.8 Å². The van der Waals surface area contributed by atoms with Crippen LogP contribution in [0.2, 0.25) is 0 Å². The molecule has 4 amide bonds. The van der Waals surface area contributed by atoms with Crippen LogP contribution < -0.4 is 10.6 Å². The van der Waals surface area contributed by atoms with Crippen molar-refractivity contribution in [2.75, 3.05) is 51.3 Å². The maximum Gasteiger partial charge on any atom is 0.322 e. The van der Waals surface area contributed by atoms with Crippen LogP contribution in [-0.2, 0) is 19.1 Å². The maximum absolute atomic E-state index is 12.7. The van der Waals surface area contributed by atoms with Crippen LogP contribution in [-0.4, -0.2) is 84.5 Å². The monoisotopic (exact) mass is 409 g/mol. The van der Waals surface area contributed by atoms with Crippen LogP contribution >= 0.6 is 0 Å². The summed E-state index contributed by atoms with van der Waals surface area (Å²) in [6, 6.07) is -0.306. The zero-order valence-electron chi connectivity index (χ0n) is 16.9. The summed E-state index contributed by atoms with van der Waals surface area (Å²) >= 11 is 0. The Morgan fingerprint density at radius 2 is 1.76 bits per heavy atom. The van der Waals surface area contributed by atoms with Gasteiger partial charge in [0, 0.05) is 33.0 Å². The van der Waals surface area contributed by atoms with Gasteiger partial charge >= 0.3 is 6.03 Å². The Labute approximate surface area is 168 Å². The summed E-state index contributed by atoms with van der Waals surface area (Å²) in [5.74, 6) is -0.797. The van der Waals surface area contributed by atoms with Crippen molar-refractivity contribution in [3.05, 3.63) is 11.5 Å². The molecule has 11 heteroatoms. The third kappa shape index (κ3) is 5.04. The van der Waals surface area contributed by atoms with E-state index in [1.165, 1.54) is 6.92 Å². The number of aryl methyl sites for hydroxylation is 2. The fraction of sp³-hybridized carbons (Fsp3) is 0.667.